The van der Waals surface area contributed by atoms with Crippen LogP contribution in [-0.2, 0) is 0 Å². The van der Waals surface area contributed by atoms with Gasteiger partial charge in [-0.3, -0.25) is 0 Å². The fourth-order valence-corrected chi connectivity index (χ4v) is 4.06. The summed E-state index contributed by atoms with van der Waals surface area (Å²) >= 11 is 6.39. The van der Waals surface area contributed by atoms with Crippen molar-refractivity contribution < 1.29 is 9.47 Å². The molecular weight excluding hydrogens is 286 g/mol. The average molecular weight is 310 g/mol. The van der Waals surface area contributed by atoms with E-state index >= 15 is 0 Å². The van der Waals surface area contributed by atoms with Crippen molar-refractivity contribution in [2.45, 2.75) is 46.1 Å². The Labute approximate surface area is 132 Å². The zero-order valence-electron chi connectivity index (χ0n) is 13.0. The number of halogens is 1. The minimum absolute atomic E-state index is 0.385. The predicted octanol–water partition coefficient (Wildman–Crippen LogP) is 4.74. The van der Waals surface area contributed by atoms with Crippen LogP contribution in [0.2, 0.25) is 5.02 Å². The summed E-state index contributed by atoms with van der Waals surface area (Å²) in [6, 6.07) is 4.29. The Morgan fingerprint density at radius 2 is 1.81 bits per heavy atom. The number of hydrogen-bond acceptors (Lipinski definition) is 3. The van der Waals surface area contributed by atoms with Crippen LogP contribution in [-0.4, -0.2) is 19.3 Å². The molecule has 3 nitrogen and oxygen atoms in total. The van der Waals surface area contributed by atoms with Gasteiger partial charge in [-0.15, -0.1) is 0 Å². The highest BCUT2D eigenvalue weighted by Gasteiger charge is 2.32. The fourth-order valence-electron chi connectivity index (χ4n) is 3.85. The number of anilines is 1. The molecule has 0 amide bonds. The van der Waals surface area contributed by atoms with E-state index in [9.17, 15) is 0 Å². The number of nitrogens with one attached hydrogen (secondary N) is 1. The Morgan fingerprint density at radius 1 is 1.14 bits per heavy atom. The third-order valence-corrected chi connectivity index (χ3v) is 4.69. The Hall–Kier alpha value is -1.09. The predicted molar refractivity (Wildman–Crippen MR) is 86.6 cm³/mol. The molecule has 1 aromatic rings. The van der Waals surface area contributed by atoms with Crippen LogP contribution in [0.1, 0.15) is 40.0 Å². The maximum absolute atomic E-state index is 6.39. The number of rotatable bonds is 2. The standard InChI is InChI=1S/C17H24ClNO2/c1-11-6-12(10-17(2,3)9-11)19-14-8-16-15(7-13(14)18)20-4-5-21-16/h7-8,11-12,19H,4-6,9-10H2,1-3H3. The minimum atomic E-state index is 0.385. The molecule has 21 heavy (non-hydrogen) atoms. The van der Waals surface area contributed by atoms with E-state index in [0.717, 1.165) is 23.1 Å². The quantitative estimate of drug-likeness (QED) is 0.856. The Morgan fingerprint density at radius 3 is 2.48 bits per heavy atom. The van der Waals surface area contributed by atoms with E-state index in [2.05, 4.69) is 26.1 Å². The molecule has 2 aliphatic rings. The first-order valence-electron chi connectivity index (χ1n) is 7.79. The number of hydrogen-bond donors (Lipinski definition) is 1. The van der Waals surface area contributed by atoms with E-state index in [1.807, 2.05) is 12.1 Å². The van der Waals surface area contributed by atoms with E-state index in [1.54, 1.807) is 0 Å². The second-order valence-corrected chi connectivity index (χ2v) is 7.64. The molecule has 2 unspecified atom stereocenters. The van der Waals surface area contributed by atoms with Gasteiger partial charge in [0.2, 0.25) is 0 Å². The first-order valence-corrected chi connectivity index (χ1v) is 8.16. The molecule has 0 aromatic heterocycles. The van der Waals surface area contributed by atoms with Crippen molar-refractivity contribution >= 4 is 17.3 Å². The molecule has 2 atom stereocenters. The van der Waals surface area contributed by atoms with Crippen LogP contribution in [0.4, 0.5) is 5.69 Å². The topological polar surface area (TPSA) is 30.5 Å². The summed E-state index contributed by atoms with van der Waals surface area (Å²) in [7, 11) is 0. The van der Waals surface area contributed by atoms with Crippen molar-refractivity contribution in [3.05, 3.63) is 17.2 Å². The zero-order valence-corrected chi connectivity index (χ0v) is 13.8. The van der Waals surface area contributed by atoms with Crippen LogP contribution < -0.4 is 14.8 Å². The molecule has 1 aromatic carbocycles. The van der Waals surface area contributed by atoms with E-state index < -0.39 is 0 Å². The van der Waals surface area contributed by atoms with Gasteiger partial charge in [-0.2, -0.15) is 0 Å². The van der Waals surface area contributed by atoms with Gasteiger partial charge in [0.25, 0.3) is 0 Å². The van der Waals surface area contributed by atoms with E-state index in [4.69, 9.17) is 21.1 Å². The summed E-state index contributed by atoms with van der Waals surface area (Å²) in [5.41, 5.74) is 1.34. The maximum Gasteiger partial charge on any atom is 0.163 e. The average Bonchev–Trinajstić information content (AvgIpc) is 2.37. The Kier molecular flexibility index (Phi) is 3.96. The highest BCUT2D eigenvalue weighted by Crippen LogP contribution is 2.42. The van der Waals surface area contributed by atoms with E-state index in [1.165, 1.54) is 19.3 Å². The van der Waals surface area contributed by atoms with Gasteiger partial charge in [-0.25, -0.2) is 0 Å². The Balaban J connectivity index is 1.78. The molecule has 3 rings (SSSR count). The summed E-state index contributed by atoms with van der Waals surface area (Å²) in [6.45, 7) is 8.22. The van der Waals surface area contributed by atoms with E-state index in [0.29, 0.717) is 29.7 Å². The first-order chi connectivity index (χ1) is 9.93. The zero-order chi connectivity index (χ0) is 15.0. The molecule has 1 saturated carbocycles. The molecule has 1 N–H and O–H groups in total. The van der Waals surface area contributed by atoms with Crippen molar-refractivity contribution in [2.75, 3.05) is 18.5 Å². The number of ether oxygens (including phenoxy) is 2. The van der Waals surface area contributed by atoms with Crippen molar-refractivity contribution in [3.63, 3.8) is 0 Å². The molecule has 4 heteroatoms. The largest absolute Gasteiger partial charge is 0.486 e. The van der Waals surface area contributed by atoms with Crippen molar-refractivity contribution in [2.24, 2.45) is 11.3 Å². The lowest BCUT2D eigenvalue weighted by Crippen LogP contribution is -2.35. The summed E-state index contributed by atoms with van der Waals surface area (Å²) in [6.07, 6.45) is 3.65. The molecule has 1 aliphatic carbocycles. The monoisotopic (exact) mass is 309 g/mol. The van der Waals surface area contributed by atoms with Gasteiger partial charge < -0.3 is 14.8 Å². The molecular formula is C17H24ClNO2. The van der Waals surface area contributed by atoms with Gasteiger partial charge in [-0.1, -0.05) is 32.4 Å². The molecule has 0 spiro atoms. The molecule has 1 heterocycles. The van der Waals surface area contributed by atoms with E-state index in [-0.39, 0.29) is 0 Å². The second-order valence-electron chi connectivity index (χ2n) is 7.23. The lowest BCUT2D eigenvalue weighted by atomic mass is 9.70. The van der Waals surface area contributed by atoms with Gasteiger partial charge >= 0.3 is 0 Å². The third kappa shape index (κ3) is 3.39. The lowest BCUT2D eigenvalue weighted by Gasteiger charge is -2.39. The third-order valence-electron chi connectivity index (χ3n) is 4.38. The van der Waals surface area contributed by atoms with Crippen molar-refractivity contribution in [3.8, 4) is 11.5 Å². The fraction of sp³-hybridized carbons (Fsp3) is 0.647. The van der Waals surface area contributed by atoms with Gasteiger partial charge in [0.1, 0.15) is 13.2 Å². The van der Waals surface area contributed by atoms with Crippen LogP contribution in [0.3, 0.4) is 0 Å². The van der Waals surface area contributed by atoms with Crippen molar-refractivity contribution in [1.82, 2.24) is 0 Å². The first kappa shape index (κ1) is 14.8. The van der Waals surface area contributed by atoms with Crippen LogP contribution in [0.5, 0.6) is 11.5 Å². The summed E-state index contributed by atoms with van der Waals surface area (Å²) in [5, 5.41) is 4.32. The highest BCUT2D eigenvalue weighted by molar-refractivity contribution is 6.33. The molecule has 1 aliphatic heterocycles. The second kappa shape index (κ2) is 5.60. The molecule has 116 valence electrons. The van der Waals surface area contributed by atoms with Crippen LogP contribution in [0.25, 0.3) is 0 Å². The lowest BCUT2D eigenvalue weighted by molar-refractivity contribution is 0.171. The van der Waals surface area contributed by atoms with Gasteiger partial charge in [0, 0.05) is 18.2 Å². The molecule has 0 bridgehead atoms. The summed E-state index contributed by atoms with van der Waals surface area (Å²) in [5.74, 6) is 2.27. The van der Waals surface area contributed by atoms with Crippen molar-refractivity contribution in [1.29, 1.82) is 0 Å². The smallest absolute Gasteiger partial charge is 0.163 e. The molecule has 0 saturated heterocycles. The van der Waals surface area contributed by atoms with Crippen LogP contribution in [0.15, 0.2) is 12.1 Å². The summed E-state index contributed by atoms with van der Waals surface area (Å²) < 4.78 is 11.2. The maximum atomic E-state index is 6.39. The summed E-state index contributed by atoms with van der Waals surface area (Å²) in [4.78, 5) is 0. The van der Waals surface area contributed by atoms with Gasteiger partial charge in [-0.05, 0) is 30.6 Å². The minimum Gasteiger partial charge on any atom is -0.486 e. The number of benzene rings is 1. The molecule has 0 radical (unpaired) electrons. The normalized spacial score (nSPS) is 27.2. The van der Waals surface area contributed by atoms with Gasteiger partial charge in [0.15, 0.2) is 11.5 Å². The number of fused-ring (bicyclic) bond motifs is 1. The molecule has 1 fully saturated rings. The SMILES string of the molecule is CC1CC(Nc2cc3c(cc2Cl)OCCO3)CC(C)(C)C1. The van der Waals surface area contributed by atoms with Crippen LogP contribution in [0, 0.1) is 11.3 Å². The highest BCUT2D eigenvalue weighted by atomic mass is 35.5. The van der Waals surface area contributed by atoms with Gasteiger partial charge in [0.05, 0.1) is 10.7 Å². The Bertz CT molecular complexity index is 530. The van der Waals surface area contributed by atoms with Crippen LogP contribution >= 0.6 is 11.6 Å².